The van der Waals surface area contributed by atoms with E-state index >= 15 is 0 Å². The first-order valence-electron chi connectivity index (χ1n) is 13.5. The second-order valence-electron chi connectivity index (χ2n) is 11.2. The van der Waals surface area contributed by atoms with Crippen molar-refractivity contribution in [3.8, 4) is 0 Å². The van der Waals surface area contributed by atoms with Crippen molar-refractivity contribution in [3.63, 3.8) is 0 Å². The molecule has 0 aromatic heterocycles. The van der Waals surface area contributed by atoms with Gasteiger partial charge in [-0.1, -0.05) is 83.3 Å². The topological polar surface area (TPSA) is 0 Å². The third kappa shape index (κ3) is 4.00. The first-order valence-corrected chi connectivity index (χ1v) is 13.5. The molecular weight excluding hydrogens is 336 g/mol. The quantitative estimate of drug-likeness (QED) is 0.426. The molecule has 0 spiro atoms. The summed E-state index contributed by atoms with van der Waals surface area (Å²) in [6.07, 6.45) is 24.3. The van der Waals surface area contributed by atoms with Crippen LogP contribution >= 0.6 is 0 Å². The first-order chi connectivity index (χ1) is 13.8. The van der Waals surface area contributed by atoms with E-state index in [1.165, 1.54) is 51.4 Å². The summed E-state index contributed by atoms with van der Waals surface area (Å²) in [4.78, 5) is 0. The lowest BCUT2D eigenvalue weighted by Crippen LogP contribution is -2.46. The Morgan fingerprint density at radius 2 is 1.36 bits per heavy atom. The zero-order chi connectivity index (χ0) is 19.5. The van der Waals surface area contributed by atoms with Crippen LogP contribution in [0.2, 0.25) is 0 Å². The van der Waals surface area contributed by atoms with Crippen molar-refractivity contribution in [2.45, 2.75) is 124 Å². The Hall–Kier alpha value is -0.260. The van der Waals surface area contributed by atoms with Crippen LogP contribution in [0.4, 0.5) is 0 Å². The SMILES string of the molecule is CCC.CCCC1CC[C@H]2CCC3C4=C(CC[C@@H]3C3CCCCC3)CC[C@@H]1C42. The van der Waals surface area contributed by atoms with Crippen molar-refractivity contribution >= 4 is 0 Å². The minimum atomic E-state index is 1.04. The van der Waals surface area contributed by atoms with Gasteiger partial charge in [0.2, 0.25) is 0 Å². The van der Waals surface area contributed by atoms with Crippen molar-refractivity contribution in [1.82, 2.24) is 0 Å². The molecule has 0 bridgehead atoms. The Morgan fingerprint density at radius 1 is 0.679 bits per heavy atom. The zero-order valence-electron chi connectivity index (χ0n) is 19.4. The zero-order valence-corrected chi connectivity index (χ0v) is 19.4. The molecule has 5 aliphatic carbocycles. The molecular formula is C28H48. The fourth-order valence-electron chi connectivity index (χ4n) is 8.58. The maximum Gasteiger partial charge on any atom is -0.0138 e. The fraction of sp³-hybridized carbons (Fsp3) is 0.929. The molecule has 28 heavy (non-hydrogen) atoms. The molecule has 0 aliphatic heterocycles. The minimum absolute atomic E-state index is 1.04. The molecule has 3 fully saturated rings. The number of allylic oxidation sites excluding steroid dienone is 2. The molecule has 3 saturated carbocycles. The lowest BCUT2D eigenvalue weighted by atomic mass is 9.49. The van der Waals surface area contributed by atoms with Crippen LogP contribution in [-0.4, -0.2) is 0 Å². The van der Waals surface area contributed by atoms with Crippen molar-refractivity contribution in [2.24, 2.45) is 41.4 Å². The lowest BCUT2D eigenvalue weighted by Gasteiger charge is -2.56. The van der Waals surface area contributed by atoms with Gasteiger partial charge in [0.05, 0.1) is 0 Å². The van der Waals surface area contributed by atoms with E-state index in [2.05, 4.69) is 26.3 Å². The minimum Gasteiger partial charge on any atom is -0.0704 e. The van der Waals surface area contributed by atoms with Crippen molar-refractivity contribution < 1.29 is 0 Å². The van der Waals surface area contributed by atoms with E-state index in [1.807, 2.05) is 5.57 Å². The molecule has 0 aromatic carbocycles. The Balaban J connectivity index is 0.000000604. The highest BCUT2D eigenvalue weighted by Gasteiger charge is 2.50. The van der Waals surface area contributed by atoms with Gasteiger partial charge in [-0.25, -0.2) is 0 Å². The Morgan fingerprint density at radius 3 is 2.07 bits per heavy atom. The molecule has 0 heteroatoms. The molecule has 0 N–H and O–H groups in total. The Labute approximate surface area is 176 Å². The lowest BCUT2D eigenvalue weighted by molar-refractivity contribution is 0.0273. The predicted molar refractivity (Wildman–Crippen MR) is 122 cm³/mol. The number of rotatable bonds is 3. The predicted octanol–water partition coefficient (Wildman–Crippen LogP) is 8.95. The van der Waals surface area contributed by atoms with Gasteiger partial charge < -0.3 is 0 Å². The van der Waals surface area contributed by atoms with Crippen LogP contribution in [-0.2, 0) is 0 Å². The molecule has 0 saturated heterocycles. The van der Waals surface area contributed by atoms with Gasteiger partial charge in [0, 0.05) is 0 Å². The van der Waals surface area contributed by atoms with Gasteiger partial charge >= 0.3 is 0 Å². The van der Waals surface area contributed by atoms with Crippen molar-refractivity contribution in [1.29, 1.82) is 0 Å². The van der Waals surface area contributed by atoms with E-state index in [-0.39, 0.29) is 0 Å². The average Bonchev–Trinajstić information content (AvgIpc) is 2.74. The van der Waals surface area contributed by atoms with E-state index < -0.39 is 0 Å². The molecule has 5 aliphatic rings. The summed E-state index contributed by atoms with van der Waals surface area (Å²) in [7, 11) is 0. The van der Waals surface area contributed by atoms with Gasteiger partial charge in [0.15, 0.2) is 0 Å². The maximum atomic E-state index is 2.42. The van der Waals surface area contributed by atoms with Gasteiger partial charge in [0.25, 0.3) is 0 Å². The van der Waals surface area contributed by atoms with E-state index in [9.17, 15) is 0 Å². The van der Waals surface area contributed by atoms with Crippen LogP contribution in [0.5, 0.6) is 0 Å². The highest BCUT2D eigenvalue weighted by molar-refractivity contribution is 5.31. The number of hydrogen-bond acceptors (Lipinski definition) is 0. The van der Waals surface area contributed by atoms with Crippen LogP contribution < -0.4 is 0 Å². The third-order valence-corrected chi connectivity index (χ3v) is 9.49. The highest BCUT2D eigenvalue weighted by Crippen LogP contribution is 2.61. The van der Waals surface area contributed by atoms with Crippen LogP contribution in [0.25, 0.3) is 0 Å². The summed E-state index contributed by atoms with van der Waals surface area (Å²) in [5, 5.41) is 0. The molecule has 160 valence electrons. The second-order valence-corrected chi connectivity index (χ2v) is 11.2. The number of hydrogen-bond donors (Lipinski definition) is 0. The molecule has 3 unspecified atom stereocenters. The van der Waals surface area contributed by atoms with Gasteiger partial charge in [-0.2, -0.15) is 0 Å². The molecule has 0 nitrogen and oxygen atoms in total. The van der Waals surface area contributed by atoms with E-state index in [0.29, 0.717) is 0 Å². The third-order valence-electron chi connectivity index (χ3n) is 9.49. The summed E-state index contributed by atoms with van der Waals surface area (Å²) in [6.45, 7) is 6.67. The molecule has 0 amide bonds. The van der Waals surface area contributed by atoms with Crippen LogP contribution in [0.1, 0.15) is 124 Å². The maximum absolute atomic E-state index is 2.42. The molecule has 0 radical (unpaired) electrons. The van der Waals surface area contributed by atoms with Crippen LogP contribution in [0, 0.1) is 41.4 Å². The summed E-state index contributed by atoms with van der Waals surface area (Å²) >= 11 is 0. The largest absolute Gasteiger partial charge is 0.0704 e. The van der Waals surface area contributed by atoms with Crippen molar-refractivity contribution in [2.75, 3.05) is 0 Å². The van der Waals surface area contributed by atoms with Crippen molar-refractivity contribution in [3.05, 3.63) is 11.1 Å². The smallest absolute Gasteiger partial charge is 0.0138 e. The van der Waals surface area contributed by atoms with Gasteiger partial charge in [-0.15, -0.1) is 0 Å². The van der Waals surface area contributed by atoms with Crippen LogP contribution in [0.3, 0.4) is 0 Å². The molecule has 5 rings (SSSR count). The Bertz CT molecular complexity index is 522. The molecule has 0 heterocycles. The normalized spacial score (nSPS) is 40.4. The highest BCUT2D eigenvalue weighted by atomic mass is 14.6. The van der Waals surface area contributed by atoms with E-state index in [1.54, 1.807) is 51.4 Å². The first kappa shape index (κ1) is 21.0. The fourth-order valence-corrected chi connectivity index (χ4v) is 8.58. The average molecular weight is 385 g/mol. The van der Waals surface area contributed by atoms with Gasteiger partial charge in [-0.05, 0) is 92.8 Å². The van der Waals surface area contributed by atoms with Gasteiger partial charge in [-0.3, -0.25) is 0 Å². The summed E-state index contributed by atoms with van der Waals surface area (Å²) in [5.41, 5.74) is 4.12. The standard InChI is InChI=1S/C25H40.C3H8/c1-2-6-17-9-10-19-13-16-23-21(18-7-4-3-5-8-18)14-11-20-12-15-22(17)24(19)25(20)23;1-3-2/h17-19,21-24H,2-16H2,1H3;3H2,1-2H3/t17?,19-,21+,22-,23?,24?;/m0./s1. The Kier molecular flexibility index (Phi) is 7.27. The molecule has 6 atom stereocenters. The van der Waals surface area contributed by atoms with E-state index in [4.69, 9.17) is 0 Å². The van der Waals surface area contributed by atoms with E-state index in [0.717, 1.165) is 41.4 Å². The summed E-state index contributed by atoms with van der Waals surface area (Å²) in [5.74, 6) is 7.53. The monoisotopic (exact) mass is 384 g/mol. The second kappa shape index (κ2) is 9.70. The van der Waals surface area contributed by atoms with Gasteiger partial charge in [0.1, 0.15) is 0 Å². The molecule has 0 aromatic rings. The summed E-state index contributed by atoms with van der Waals surface area (Å²) in [6, 6.07) is 0. The van der Waals surface area contributed by atoms with Crippen LogP contribution in [0.15, 0.2) is 11.1 Å². The summed E-state index contributed by atoms with van der Waals surface area (Å²) < 4.78 is 0.